The lowest BCUT2D eigenvalue weighted by molar-refractivity contribution is 0.174. The number of benzene rings is 2. The molecule has 138 valence electrons. The fourth-order valence-corrected chi connectivity index (χ4v) is 2.58. The van der Waals surface area contributed by atoms with Gasteiger partial charge in [0.15, 0.2) is 29.0 Å². The molecule has 7 heteroatoms. The summed E-state index contributed by atoms with van der Waals surface area (Å²) in [6, 6.07) is 10.2. The molecular weight excluding hydrogens is 337 g/mol. The molecule has 0 radical (unpaired) electrons. The van der Waals surface area contributed by atoms with Crippen molar-refractivity contribution < 1.29 is 19.0 Å². The Balaban J connectivity index is 1.55. The number of fused-ring (bicyclic) bond motifs is 1. The van der Waals surface area contributed by atoms with Crippen LogP contribution in [0.25, 0.3) is 0 Å². The van der Waals surface area contributed by atoms with Crippen molar-refractivity contribution >= 4 is 5.96 Å². The minimum absolute atomic E-state index is 0.270. The van der Waals surface area contributed by atoms with Crippen LogP contribution in [-0.2, 0) is 13.0 Å². The molecule has 2 aromatic rings. The van der Waals surface area contributed by atoms with Crippen molar-refractivity contribution in [1.29, 1.82) is 0 Å². The van der Waals surface area contributed by atoms with Crippen molar-refractivity contribution in [2.75, 3.05) is 19.9 Å². The Hall–Kier alpha value is -2.96. The van der Waals surface area contributed by atoms with Gasteiger partial charge in [-0.2, -0.15) is 0 Å². The maximum absolute atomic E-state index is 13.4. The monoisotopic (exact) mass is 359 g/mol. The Morgan fingerprint density at radius 1 is 1.12 bits per heavy atom. The maximum Gasteiger partial charge on any atom is 0.231 e. The number of hydrogen-bond acceptors (Lipinski definition) is 4. The van der Waals surface area contributed by atoms with Crippen molar-refractivity contribution in [3.63, 3.8) is 0 Å². The third-order valence-corrected chi connectivity index (χ3v) is 3.92. The molecule has 0 atom stereocenters. The standard InChI is InChI=1S/C19H22FN3O3/c1-2-21-19(23-11-14-3-5-16(24)15(20)9-14)22-8-7-13-4-6-17-18(10-13)26-12-25-17/h3-6,9-10,24H,2,7-8,11-12H2,1H3,(H2,21,22,23). The van der Waals surface area contributed by atoms with Crippen LogP contribution >= 0.6 is 0 Å². The fraction of sp³-hybridized carbons (Fsp3) is 0.316. The van der Waals surface area contributed by atoms with E-state index in [1.807, 2.05) is 25.1 Å². The molecule has 0 amide bonds. The zero-order chi connectivity index (χ0) is 18.4. The van der Waals surface area contributed by atoms with Crippen molar-refractivity contribution in [2.45, 2.75) is 19.9 Å². The molecule has 0 bridgehead atoms. The van der Waals surface area contributed by atoms with Gasteiger partial charge in [-0.1, -0.05) is 12.1 Å². The number of halogens is 1. The average Bonchev–Trinajstić information content (AvgIpc) is 3.10. The van der Waals surface area contributed by atoms with E-state index in [4.69, 9.17) is 9.47 Å². The van der Waals surface area contributed by atoms with Crippen LogP contribution in [-0.4, -0.2) is 30.9 Å². The molecule has 3 rings (SSSR count). The van der Waals surface area contributed by atoms with E-state index in [1.54, 1.807) is 6.07 Å². The first-order chi connectivity index (χ1) is 12.7. The molecular formula is C19H22FN3O3. The van der Waals surface area contributed by atoms with Crippen LogP contribution in [0.2, 0.25) is 0 Å². The van der Waals surface area contributed by atoms with Crippen LogP contribution in [0.15, 0.2) is 41.4 Å². The first kappa shape index (κ1) is 17.8. The molecule has 26 heavy (non-hydrogen) atoms. The van der Waals surface area contributed by atoms with Gasteiger partial charge >= 0.3 is 0 Å². The number of hydrogen-bond donors (Lipinski definition) is 3. The van der Waals surface area contributed by atoms with Crippen molar-refractivity contribution in [1.82, 2.24) is 10.6 Å². The lowest BCUT2D eigenvalue weighted by atomic mass is 10.1. The first-order valence-corrected chi connectivity index (χ1v) is 8.54. The fourth-order valence-electron chi connectivity index (χ4n) is 2.58. The number of ether oxygens (including phenoxy) is 2. The summed E-state index contributed by atoms with van der Waals surface area (Å²) in [5.41, 5.74) is 1.83. The van der Waals surface area contributed by atoms with E-state index < -0.39 is 5.82 Å². The van der Waals surface area contributed by atoms with E-state index >= 15 is 0 Å². The number of aromatic hydroxyl groups is 1. The molecule has 0 aliphatic carbocycles. The van der Waals surface area contributed by atoms with Crippen LogP contribution in [0.4, 0.5) is 4.39 Å². The van der Waals surface area contributed by atoms with Gasteiger partial charge in [0.25, 0.3) is 0 Å². The van der Waals surface area contributed by atoms with E-state index in [0.717, 1.165) is 30.0 Å². The van der Waals surface area contributed by atoms with Gasteiger partial charge in [-0.05, 0) is 48.7 Å². The minimum Gasteiger partial charge on any atom is -0.505 e. The first-order valence-electron chi connectivity index (χ1n) is 8.54. The molecule has 0 spiro atoms. The van der Waals surface area contributed by atoms with Gasteiger partial charge in [0.2, 0.25) is 6.79 Å². The maximum atomic E-state index is 13.4. The molecule has 0 saturated heterocycles. The van der Waals surface area contributed by atoms with Crippen molar-refractivity contribution in [3.8, 4) is 17.2 Å². The summed E-state index contributed by atoms with van der Waals surface area (Å²) in [5, 5.41) is 15.7. The Labute approximate surface area is 151 Å². The van der Waals surface area contributed by atoms with Crippen LogP contribution < -0.4 is 20.1 Å². The van der Waals surface area contributed by atoms with Crippen LogP contribution in [0.3, 0.4) is 0 Å². The zero-order valence-corrected chi connectivity index (χ0v) is 14.6. The van der Waals surface area contributed by atoms with E-state index in [9.17, 15) is 9.50 Å². The summed E-state index contributed by atoms with van der Waals surface area (Å²) in [7, 11) is 0. The molecule has 2 aromatic carbocycles. The third kappa shape index (κ3) is 4.56. The zero-order valence-electron chi connectivity index (χ0n) is 14.6. The quantitative estimate of drug-likeness (QED) is 0.546. The van der Waals surface area contributed by atoms with E-state index in [-0.39, 0.29) is 12.5 Å². The average molecular weight is 359 g/mol. The highest BCUT2D eigenvalue weighted by Crippen LogP contribution is 2.32. The number of guanidine groups is 1. The number of nitrogens with zero attached hydrogens (tertiary/aromatic N) is 1. The number of phenols is 1. The third-order valence-electron chi connectivity index (χ3n) is 3.92. The highest BCUT2D eigenvalue weighted by Gasteiger charge is 2.13. The molecule has 0 saturated carbocycles. The van der Waals surface area contributed by atoms with E-state index in [1.165, 1.54) is 12.1 Å². The second-order valence-corrected chi connectivity index (χ2v) is 5.85. The van der Waals surface area contributed by atoms with Gasteiger partial charge in [-0.3, -0.25) is 0 Å². The summed E-state index contributed by atoms with van der Waals surface area (Å²) < 4.78 is 24.1. The van der Waals surface area contributed by atoms with Gasteiger partial charge in [-0.25, -0.2) is 9.38 Å². The summed E-state index contributed by atoms with van der Waals surface area (Å²) in [6.45, 7) is 3.98. The van der Waals surface area contributed by atoms with Crippen molar-refractivity contribution in [2.24, 2.45) is 4.99 Å². The lowest BCUT2D eigenvalue weighted by Gasteiger charge is -2.11. The van der Waals surface area contributed by atoms with Crippen LogP contribution in [0.5, 0.6) is 17.2 Å². The minimum atomic E-state index is -0.640. The Morgan fingerprint density at radius 2 is 1.92 bits per heavy atom. The summed E-state index contributed by atoms with van der Waals surface area (Å²) in [6.07, 6.45) is 0.800. The smallest absolute Gasteiger partial charge is 0.231 e. The Morgan fingerprint density at radius 3 is 2.73 bits per heavy atom. The number of aliphatic imine (C=N–C) groups is 1. The molecule has 0 fully saturated rings. The van der Waals surface area contributed by atoms with Crippen LogP contribution in [0, 0.1) is 5.82 Å². The topological polar surface area (TPSA) is 75.1 Å². The largest absolute Gasteiger partial charge is 0.505 e. The predicted molar refractivity (Wildman–Crippen MR) is 97.2 cm³/mol. The molecule has 0 aromatic heterocycles. The predicted octanol–water partition coefficient (Wildman–Crippen LogP) is 2.56. The Kier molecular flexibility index (Phi) is 5.78. The normalized spacial score (nSPS) is 12.9. The van der Waals surface area contributed by atoms with Crippen LogP contribution in [0.1, 0.15) is 18.1 Å². The highest BCUT2D eigenvalue weighted by atomic mass is 19.1. The SMILES string of the molecule is CCNC(=NCc1ccc(O)c(F)c1)NCCc1ccc2c(c1)OCO2. The number of phenolic OH excluding ortho intramolecular Hbond substituents is 1. The lowest BCUT2D eigenvalue weighted by Crippen LogP contribution is -2.38. The second kappa shape index (κ2) is 8.42. The summed E-state index contributed by atoms with van der Waals surface area (Å²) in [4.78, 5) is 4.44. The van der Waals surface area contributed by atoms with Gasteiger partial charge in [0, 0.05) is 13.1 Å². The van der Waals surface area contributed by atoms with Gasteiger partial charge < -0.3 is 25.2 Å². The number of rotatable bonds is 6. The van der Waals surface area contributed by atoms with Gasteiger partial charge in [0.05, 0.1) is 6.54 Å². The molecule has 1 heterocycles. The molecule has 1 aliphatic heterocycles. The van der Waals surface area contributed by atoms with Crippen molar-refractivity contribution in [3.05, 3.63) is 53.3 Å². The molecule has 1 aliphatic rings. The Bertz CT molecular complexity index is 796. The van der Waals surface area contributed by atoms with E-state index in [0.29, 0.717) is 24.6 Å². The molecule has 3 N–H and O–H groups in total. The van der Waals surface area contributed by atoms with E-state index in [2.05, 4.69) is 15.6 Å². The van der Waals surface area contributed by atoms with Gasteiger partial charge in [0.1, 0.15) is 0 Å². The molecule has 0 unspecified atom stereocenters. The van der Waals surface area contributed by atoms with Gasteiger partial charge in [-0.15, -0.1) is 0 Å². The second-order valence-electron chi connectivity index (χ2n) is 5.85. The summed E-state index contributed by atoms with van der Waals surface area (Å²) in [5.74, 6) is 1.21. The highest BCUT2D eigenvalue weighted by molar-refractivity contribution is 5.79. The summed E-state index contributed by atoms with van der Waals surface area (Å²) >= 11 is 0. The molecule has 6 nitrogen and oxygen atoms in total. The number of nitrogens with one attached hydrogen (secondary N) is 2.